The minimum Gasteiger partial charge on any atom is -0.493 e. The van der Waals surface area contributed by atoms with Crippen molar-refractivity contribution in [2.24, 2.45) is 0 Å². The SMILES string of the molecule is CCNC(CC)c1cccc(OCCc2cccs2)c1. The van der Waals surface area contributed by atoms with Gasteiger partial charge in [-0.15, -0.1) is 11.3 Å². The van der Waals surface area contributed by atoms with Gasteiger partial charge in [0.2, 0.25) is 0 Å². The van der Waals surface area contributed by atoms with Crippen LogP contribution in [-0.4, -0.2) is 13.2 Å². The van der Waals surface area contributed by atoms with Crippen LogP contribution in [0.4, 0.5) is 0 Å². The summed E-state index contributed by atoms with van der Waals surface area (Å²) < 4.78 is 5.87. The first kappa shape index (κ1) is 15.1. The van der Waals surface area contributed by atoms with Crippen LogP contribution in [0, 0.1) is 0 Å². The predicted molar refractivity (Wildman–Crippen MR) is 86.7 cm³/mol. The quantitative estimate of drug-likeness (QED) is 0.776. The van der Waals surface area contributed by atoms with Crippen molar-refractivity contribution < 1.29 is 4.74 Å². The third kappa shape index (κ3) is 4.36. The molecular weight excluding hydrogens is 266 g/mol. The zero-order valence-corrected chi connectivity index (χ0v) is 13.1. The molecule has 1 N–H and O–H groups in total. The summed E-state index contributed by atoms with van der Waals surface area (Å²) >= 11 is 1.79. The van der Waals surface area contributed by atoms with Gasteiger partial charge in [0.25, 0.3) is 0 Å². The van der Waals surface area contributed by atoms with Crippen LogP contribution >= 0.6 is 11.3 Å². The van der Waals surface area contributed by atoms with Crippen LogP contribution in [0.15, 0.2) is 41.8 Å². The number of ether oxygens (including phenoxy) is 1. The van der Waals surface area contributed by atoms with Gasteiger partial charge in [-0.25, -0.2) is 0 Å². The number of thiophene rings is 1. The van der Waals surface area contributed by atoms with Crippen LogP contribution in [0.2, 0.25) is 0 Å². The number of benzene rings is 1. The normalized spacial score (nSPS) is 12.3. The van der Waals surface area contributed by atoms with E-state index in [1.54, 1.807) is 11.3 Å². The summed E-state index contributed by atoms with van der Waals surface area (Å²) in [7, 11) is 0. The Kier molecular flexibility index (Phi) is 6.09. The summed E-state index contributed by atoms with van der Waals surface area (Å²) in [5.74, 6) is 0.968. The molecule has 1 unspecified atom stereocenters. The Labute approximate surface area is 125 Å². The van der Waals surface area contributed by atoms with E-state index in [1.807, 2.05) is 6.07 Å². The maximum Gasteiger partial charge on any atom is 0.119 e. The molecule has 20 heavy (non-hydrogen) atoms. The van der Waals surface area contributed by atoms with Crippen molar-refractivity contribution in [3.63, 3.8) is 0 Å². The molecule has 2 aromatic rings. The Bertz CT molecular complexity index is 495. The highest BCUT2D eigenvalue weighted by molar-refractivity contribution is 7.09. The Morgan fingerprint density at radius 2 is 2.10 bits per heavy atom. The van der Waals surface area contributed by atoms with E-state index in [2.05, 4.69) is 54.9 Å². The lowest BCUT2D eigenvalue weighted by Gasteiger charge is -2.17. The summed E-state index contributed by atoms with van der Waals surface area (Å²) in [4.78, 5) is 1.38. The molecule has 1 atom stereocenters. The van der Waals surface area contributed by atoms with Crippen molar-refractivity contribution in [1.29, 1.82) is 0 Å². The standard InChI is InChI=1S/C17H23NOS/c1-3-17(18-4-2)14-7-5-8-15(13-14)19-11-10-16-9-6-12-20-16/h5-9,12-13,17-18H,3-4,10-11H2,1-2H3. The molecule has 0 bridgehead atoms. The summed E-state index contributed by atoms with van der Waals surface area (Å²) in [5, 5.41) is 5.61. The molecule has 1 heterocycles. The van der Waals surface area contributed by atoms with Crippen LogP contribution in [0.25, 0.3) is 0 Å². The van der Waals surface area contributed by atoms with Crippen molar-refractivity contribution >= 4 is 11.3 Å². The Morgan fingerprint density at radius 1 is 1.20 bits per heavy atom. The molecule has 108 valence electrons. The number of rotatable bonds is 8. The zero-order valence-electron chi connectivity index (χ0n) is 12.3. The molecule has 0 saturated heterocycles. The monoisotopic (exact) mass is 289 g/mol. The second kappa shape index (κ2) is 8.08. The summed E-state index contributed by atoms with van der Waals surface area (Å²) in [6.07, 6.45) is 2.07. The Morgan fingerprint density at radius 3 is 2.80 bits per heavy atom. The van der Waals surface area contributed by atoms with Gasteiger partial charge in [-0.1, -0.05) is 32.0 Å². The highest BCUT2D eigenvalue weighted by Crippen LogP contribution is 2.22. The van der Waals surface area contributed by atoms with Gasteiger partial charge in [0.15, 0.2) is 0 Å². The molecule has 1 aromatic heterocycles. The number of hydrogen-bond acceptors (Lipinski definition) is 3. The van der Waals surface area contributed by atoms with Crippen LogP contribution in [0.5, 0.6) is 5.75 Å². The van der Waals surface area contributed by atoms with Crippen molar-refractivity contribution in [3.05, 3.63) is 52.2 Å². The zero-order chi connectivity index (χ0) is 14.2. The number of nitrogens with one attached hydrogen (secondary N) is 1. The molecule has 0 spiro atoms. The molecule has 2 nitrogen and oxygen atoms in total. The molecule has 0 aliphatic heterocycles. The molecule has 1 aromatic carbocycles. The van der Waals surface area contributed by atoms with Crippen molar-refractivity contribution in [3.8, 4) is 5.75 Å². The van der Waals surface area contributed by atoms with E-state index in [4.69, 9.17) is 4.74 Å². The maximum absolute atomic E-state index is 5.87. The van der Waals surface area contributed by atoms with Gasteiger partial charge in [-0.05, 0) is 42.1 Å². The topological polar surface area (TPSA) is 21.3 Å². The van der Waals surface area contributed by atoms with Crippen LogP contribution in [0.1, 0.15) is 36.8 Å². The molecule has 2 rings (SSSR count). The minimum atomic E-state index is 0.417. The summed E-state index contributed by atoms with van der Waals surface area (Å²) in [5.41, 5.74) is 1.31. The molecule has 0 aliphatic rings. The van der Waals surface area contributed by atoms with Crippen molar-refractivity contribution in [1.82, 2.24) is 5.32 Å². The van der Waals surface area contributed by atoms with E-state index in [1.165, 1.54) is 10.4 Å². The van der Waals surface area contributed by atoms with Crippen LogP contribution in [0.3, 0.4) is 0 Å². The van der Waals surface area contributed by atoms with Gasteiger partial charge in [-0.3, -0.25) is 0 Å². The van der Waals surface area contributed by atoms with Gasteiger partial charge in [0, 0.05) is 17.3 Å². The van der Waals surface area contributed by atoms with E-state index in [9.17, 15) is 0 Å². The fourth-order valence-corrected chi connectivity index (χ4v) is 2.98. The third-order valence-electron chi connectivity index (χ3n) is 3.32. The Balaban J connectivity index is 1.91. The second-order valence-electron chi connectivity index (χ2n) is 4.77. The van der Waals surface area contributed by atoms with E-state index >= 15 is 0 Å². The fraction of sp³-hybridized carbons (Fsp3) is 0.412. The first-order valence-electron chi connectivity index (χ1n) is 7.32. The van der Waals surface area contributed by atoms with E-state index in [0.717, 1.165) is 31.7 Å². The molecule has 0 radical (unpaired) electrons. The lowest BCUT2D eigenvalue weighted by molar-refractivity contribution is 0.322. The first-order chi connectivity index (χ1) is 9.83. The summed E-state index contributed by atoms with van der Waals surface area (Å²) in [6.45, 7) is 6.08. The predicted octanol–water partition coefficient (Wildman–Crippen LogP) is 4.43. The summed E-state index contributed by atoms with van der Waals surface area (Å²) in [6, 6.07) is 13.1. The Hall–Kier alpha value is -1.32. The fourth-order valence-electron chi connectivity index (χ4n) is 2.29. The van der Waals surface area contributed by atoms with Gasteiger partial charge in [0.05, 0.1) is 6.61 Å². The van der Waals surface area contributed by atoms with Gasteiger partial charge in [0.1, 0.15) is 5.75 Å². The molecular formula is C17H23NOS. The van der Waals surface area contributed by atoms with Crippen LogP contribution < -0.4 is 10.1 Å². The van der Waals surface area contributed by atoms with Gasteiger partial charge < -0.3 is 10.1 Å². The highest BCUT2D eigenvalue weighted by atomic mass is 32.1. The van der Waals surface area contributed by atoms with Gasteiger partial charge >= 0.3 is 0 Å². The highest BCUT2D eigenvalue weighted by Gasteiger charge is 2.08. The van der Waals surface area contributed by atoms with Crippen molar-refractivity contribution in [2.75, 3.05) is 13.2 Å². The molecule has 0 amide bonds. The van der Waals surface area contributed by atoms with Crippen molar-refractivity contribution in [2.45, 2.75) is 32.7 Å². The lowest BCUT2D eigenvalue weighted by atomic mass is 10.0. The van der Waals surface area contributed by atoms with E-state index in [0.29, 0.717) is 6.04 Å². The molecule has 3 heteroatoms. The third-order valence-corrected chi connectivity index (χ3v) is 4.25. The number of hydrogen-bond donors (Lipinski definition) is 1. The average molecular weight is 289 g/mol. The molecule has 0 fully saturated rings. The van der Waals surface area contributed by atoms with E-state index in [-0.39, 0.29) is 0 Å². The molecule has 0 aliphatic carbocycles. The van der Waals surface area contributed by atoms with Crippen LogP contribution in [-0.2, 0) is 6.42 Å². The molecule has 0 saturated carbocycles. The smallest absolute Gasteiger partial charge is 0.119 e. The minimum absolute atomic E-state index is 0.417. The second-order valence-corrected chi connectivity index (χ2v) is 5.80. The average Bonchev–Trinajstić information content (AvgIpc) is 2.98. The largest absolute Gasteiger partial charge is 0.493 e. The first-order valence-corrected chi connectivity index (χ1v) is 8.20. The van der Waals surface area contributed by atoms with Gasteiger partial charge in [-0.2, -0.15) is 0 Å². The van der Waals surface area contributed by atoms with E-state index < -0.39 is 0 Å². The maximum atomic E-state index is 5.87. The lowest BCUT2D eigenvalue weighted by Crippen LogP contribution is -2.20.